The molecule has 1 aromatic rings. The van der Waals surface area contributed by atoms with Crippen LogP contribution in [0.25, 0.3) is 0 Å². The monoisotopic (exact) mass is 265 g/mol. The molecule has 1 atom stereocenters. The molecule has 1 rings (SSSR count). The molecule has 108 valence electrons. The van der Waals surface area contributed by atoms with Gasteiger partial charge < -0.3 is 15.5 Å². The molecule has 0 amide bonds. The average molecular weight is 265 g/mol. The average Bonchev–Trinajstić information content (AvgIpc) is 2.36. The molecular weight excluding hydrogens is 238 g/mol. The standard InChI is InChI=1S/C16H27NO2/c1-13(17-12-16(2,3)10-11-18)4-5-14-6-8-15(19)9-7-14/h6-9,13,17-19H,4-5,10-12H2,1-3H3. The van der Waals surface area contributed by atoms with Crippen LogP contribution in [-0.2, 0) is 6.42 Å². The van der Waals surface area contributed by atoms with Gasteiger partial charge in [-0.15, -0.1) is 0 Å². The molecule has 0 saturated heterocycles. The molecule has 0 spiro atoms. The minimum Gasteiger partial charge on any atom is -0.508 e. The van der Waals surface area contributed by atoms with E-state index in [-0.39, 0.29) is 12.0 Å². The van der Waals surface area contributed by atoms with E-state index in [9.17, 15) is 5.11 Å². The minimum absolute atomic E-state index is 0.140. The van der Waals surface area contributed by atoms with E-state index in [1.54, 1.807) is 12.1 Å². The first kappa shape index (κ1) is 16.0. The van der Waals surface area contributed by atoms with Gasteiger partial charge in [0.2, 0.25) is 0 Å². The maximum atomic E-state index is 9.23. The van der Waals surface area contributed by atoms with Gasteiger partial charge in [0, 0.05) is 19.2 Å². The van der Waals surface area contributed by atoms with E-state index < -0.39 is 0 Å². The van der Waals surface area contributed by atoms with Crippen LogP contribution in [0.3, 0.4) is 0 Å². The predicted octanol–water partition coefficient (Wildman–Crippen LogP) is 2.71. The van der Waals surface area contributed by atoms with Gasteiger partial charge in [-0.25, -0.2) is 0 Å². The summed E-state index contributed by atoms with van der Waals surface area (Å²) in [5.74, 6) is 0.320. The number of phenolic OH excluding ortho intramolecular Hbond substituents is 1. The third-order valence-corrected chi connectivity index (χ3v) is 3.52. The maximum absolute atomic E-state index is 9.23. The fourth-order valence-electron chi connectivity index (χ4n) is 1.99. The van der Waals surface area contributed by atoms with Crippen LogP contribution in [0.15, 0.2) is 24.3 Å². The number of phenols is 1. The fourth-order valence-corrected chi connectivity index (χ4v) is 1.99. The Hall–Kier alpha value is -1.06. The number of hydrogen-bond donors (Lipinski definition) is 3. The van der Waals surface area contributed by atoms with E-state index in [2.05, 4.69) is 26.1 Å². The second-order valence-corrected chi connectivity index (χ2v) is 6.12. The number of aliphatic hydroxyl groups excluding tert-OH is 1. The van der Waals surface area contributed by atoms with E-state index in [1.165, 1.54) is 5.56 Å². The number of aromatic hydroxyl groups is 1. The highest BCUT2D eigenvalue weighted by Crippen LogP contribution is 2.18. The Kier molecular flexibility index (Phi) is 6.32. The summed E-state index contributed by atoms with van der Waals surface area (Å²) in [7, 11) is 0. The molecule has 0 aromatic heterocycles. The number of rotatable bonds is 8. The second kappa shape index (κ2) is 7.51. The molecule has 0 aliphatic heterocycles. The highest BCUT2D eigenvalue weighted by Gasteiger charge is 2.17. The van der Waals surface area contributed by atoms with Gasteiger partial charge in [0.15, 0.2) is 0 Å². The Morgan fingerprint density at radius 2 is 1.84 bits per heavy atom. The molecule has 0 aliphatic rings. The quantitative estimate of drug-likeness (QED) is 0.677. The lowest BCUT2D eigenvalue weighted by atomic mass is 9.89. The van der Waals surface area contributed by atoms with Gasteiger partial charge >= 0.3 is 0 Å². The normalized spacial score (nSPS) is 13.5. The van der Waals surface area contributed by atoms with Gasteiger partial charge in [-0.05, 0) is 49.3 Å². The molecule has 0 radical (unpaired) electrons. The minimum atomic E-state index is 0.140. The SMILES string of the molecule is CC(CCc1ccc(O)cc1)NCC(C)(C)CCO. The van der Waals surface area contributed by atoms with Crippen LogP contribution in [-0.4, -0.2) is 29.4 Å². The molecule has 3 heteroatoms. The van der Waals surface area contributed by atoms with Crippen LogP contribution in [0, 0.1) is 5.41 Å². The molecular formula is C16H27NO2. The molecule has 1 unspecified atom stereocenters. The summed E-state index contributed by atoms with van der Waals surface area (Å²) >= 11 is 0. The summed E-state index contributed by atoms with van der Waals surface area (Å²) in [6, 6.07) is 7.86. The van der Waals surface area contributed by atoms with Crippen molar-refractivity contribution in [3.63, 3.8) is 0 Å². The van der Waals surface area contributed by atoms with Gasteiger partial charge in [-0.3, -0.25) is 0 Å². The lowest BCUT2D eigenvalue weighted by Crippen LogP contribution is -2.36. The van der Waals surface area contributed by atoms with Crippen molar-refractivity contribution in [1.82, 2.24) is 5.32 Å². The maximum Gasteiger partial charge on any atom is 0.115 e. The summed E-state index contributed by atoms with van der Waals surface area (Å²) in [4.78, 5) is 0. The number of nitrogens with one attached hydrogen (secondary N) is 1. The highest BCUT2D eigenvalue weighted by molar-refractivity contribution is 5.25. The van der Waals surface area contributed by atoms with Crippen molar-refractivity contribution in [3.8, 4) is 5.75 Å². The number of aryl methyl sites for hydroxylation is 1. The molecule has 0 saturated carbocycles. The Balaban J connectivity index is 2.28. The van der Waals surface area contributed by atoms with Crippen LogP contribution in [0.1, 0.15) is 39.2 Å². The lowest BCUT2D eigenvalue weighted by molar-refractivity contribution is 0.203. The van der Waals surface area contributed by atoms with Crippen LogP contribution in [0.2, 0.25) is 0 Å². The van der Waals surface area contributed by atoms with Crippen LogP contribution < -0.4 is 5.32 Å². The van der Waals surface area contributed by atoms with Crippen LogP contribution >= 0.6 is 0 Å². The zero-order valence-corrected chi connectivity index (χ0v) is 12.3. The topological polar surface area (TPSA) is 52.5 Å². The molecule has 0 bridgehead atoms. The van der Waals surface area contributed by atoms with Crippen molar-refractivity contribution in [1.29, 1.82) is 0 Å². The number of hydrogen-bond acceptors (Lipinski definition) is 3. The van der Waals surface area contributed by atoms with Gasteiger partial charge in [-0.2, -0.15) is 0 Å². The van der Waals surface area contributed by atoms with Crippen molar-refractivity contribution in [3.05, 3.63) is 29.8 Å². The fraction of sp³-hybridized carbons (Fsp3) is 0.625. The highest BCUT2D eigenvalue weighted by atomic mass is 16.3. The van der Waals surface area contributed by atoms with Gasteiger partial charge in [-0.1, -0.05) is 26.0 Å². The molecule has 0 fully saturated rings. The summed E-state index contributed by atoms with van der Waals surface area (Å²) in [5, 5.41) is 21.7. The Bertz CT molecular complexity index is 360. The zero-order valence-electron chi connectivity index (χ0n) is 12.3. The largest absolute Gasteiger partial charge is 0.508 e. The van der Waals surface area contributed by atoms with E-state index in [4.69, 9.17) is 5.11 Å². The lowest BCUT2D eigenvalue weighted by Gasteiger charge is -2.26. The Morgan fingerprint density at radius 1 is 1.21 bits per heavy atom. The van der Waals surface area contributed by atoms with Crippen molar-refractivity contribution in [2.75, 3.05) is 13.2 Å². The number of benzene rings is 1. The summed E-state index contributed by atoms with van der Waals surface area (Å²) < 4.78 is 0. The first-order valence-corrected chi connectivity index (χ1v) is 7.05. The summed E-state index contributed by atoms with van der Waals surface area (Å²) in [5.41, 5.74) is 1.39. The van der Waals surface area contributed by atoms with Crippen LogP contribution in [0.5, 0.6) is 5.75 Å². The first-order chi connectivity index (χ1) is 8.93. The summed E-state index contributed by atoms with van der Waals surface area (Å²) in [6.45, 7) is 7.70. The Morgan fingerprint density at radius 3 is 2.42 bits per heavy atom. The molecule has 19 heavy (non-hydrogen) atoms. The first-order valence-electron chi connectivity index (χ1n) is 7.05. The smallest absolute Gasteiger partial charge is 0.115 e. The van der Waals surface area contributed by atoms with Gasteiger partial charge in [0.05, 0.1) is 0 Å². The third-order valence-electron chi connectivity index (χ3n) is 3.52. The molecule has 0 heterocycles. The van der Waals surface area contributed by atoms with E-state index in [0.29, 0.717) is 11.8 Å². The zero-order chi connectivity index (χ0) is 14.3. The van der Waals surface area contributed by atoms with Crippen molar-refractivity contribution >= 4 is 0 Å². The Labute approximate surface area is 116 Å². The predicted molar refractivity (Wildman–Crippen MR) is 79.4 cm³/mol. The van der Waals surface area contributed by atoms with Gasteiger partial charge in [0.25, 0.3) is 0 Å². The van der Waals surface area contributed by atoms with E-state index in [0.717, 1.165) is 25.8 Å². The summed E-state index contributed by atoms with van der Waals surface area (Å²) in [6.07, 6.45) is 2.90. The third kappa shape index (κ3) is 6.60. The van der Waals surface area contributed by atoms with Gasteiger partial charge in [0.1, 0.15) is 5.75 Å². The van der Waals surface area contributed by atoms with E-state index in [1.807, 2.05) is 12.1 Å². The van der Waals surface area contributed by atoms with Crippen molar-refractivity contribution in [2.45, 2.75) is 46.1 Å². The van der Waals surface area contributed by atoms with E-state index >= 15 is 0 Å². The molecule has 0 aliphatic carbocycles. The van der Waals surface area contributed by atoms with Crippen LogP contribution in [0.4, 0.5) is 0 Å². The molecule has 3 nitrogen and oxygen atoms in total. The molecule has 1 aromatic carbocycles. The number of aliphatic hydroxyl groups is 1. The second-order valence-electron chi connectivity index (χ2n) is 6.12. The van der Waals surface area contributed by atoms with Crippen molar-refractivity contribution in [2.24, 2.45) is 5.41 Å². The van der Waals surface area contributed by atoms with Crippen molar-refractivity contribution < 1.29 is 10.2 Å². The molecule has 3 N–H and O–H groups in total.